The Labute approximate surface area is 110 Å². The number of amides is 1. The van der Waals surface area contributed by atoms with Crippen molar-refractivity contribution in [2.75, 3.05) is 13.7 Å². The topological polar surface area (TPSA) is 106 Å². The minimum Gasteiger partial charge on any atom is -0.476 e. The summed E-state index contributed by atoms with van der Waals surface area (Å²) in [6.45, 7) is 4.35. The zero-order chi connectivity index (χ0) is 14.5. The van der Waals surface area contributed by atoms with E-state index in [0.717, 1.165) is 0 Å². The summed E-state index contributed by atoms with van der Waals surface area (Å²) >= 11 is 0. The van der Waals surface area contributed by atoms with Gasteiger partial charge < -0.3 is 15.2 Å². The average Bonchev–Trinajstić information content (AvgIpc) is 2.77. The van der Waals surface area contributed by atoms with Crippen LogP contribution in [0.4, 0.5) is 0 Å². The van der Waals surface area contributed by atoms with Crippen LogP contribution in [0.2, 0.25) is 0 Å². The molecule has 8 heteroatoms. The van der Waals surface area contributed by atoms with Crippen molar-refractivity contribution >= 4 is 11.9 Å². The first kappa shape index (κ1) is 15.1. The maximum absolute atomic E-state index is 11.6. The second kappa shape index (κ2) is 6.28. The van der Waals surface area contributed by atoms with Gasteiger partial charge in [-0.2, -0.15) is 0 Å². The molecule has 1 heterocycles. The van der Waals surface area contributed by atoms with Crippen LogP contribution in [0, 0.1) is 0 Å². The third-order valence-corrected chi connectivity index (χ3v) is 2.56. The van der Waals surface area contributed by atoms with Crippen molar-refractivity contribution in [1.82, 2.24) is 20.3 Å². The second-order valence-electron chi connectivity index (χ2n) is 4.66. The lowest BCUT2D eigenvalue weighted by Crippen LogP contribution is -2.35. The number of methoxy groups -OCH3 is 1. The van der Waals surface area contributed by atoms with E-state index in [0.29, 0.717) is 13.1 Å². The van der Waals surface area contributed by atoms with E-state index in [9.17, 15) is 9.59 Å². The third kappa shape index (κ3) is 5.04. The van der Waals surface area contributed by atoms with Gasteiger partial charge in [-0.15, -0.1) is 5.10 Å². The fourth-order valence-corrected chi connectivity index (χ4v) is 1.34. The van der Waals surface area contributed by atoms with Crippen LogP contribution in [0.3, 0.4) is 0 Å². The number of aromatic carboxylic acids is 1. The molecule has 0 spiro atoms. The highest BCUT2D eigenvalue weighted by atomic mass is 16.5. The minimum atomic E-state index is -1.13. The number of nitrogens with zero attached hydrogens (tertiary/aromatic N) is 3. The van der Waals surface area contributed by atoms with Gasteiger partial charge in [-0.25, -0.2) is 9.48 Å². The van der Waals surface area contributed by atoms with E-state index < -0.39 is 11.6 Å². The SMILES string of the molecule is COC(C)(C)CC(=O)NCCn1cc(C(=O)O)nn1. The molecule has 0 bridgehead atoms. The van der Waals surface area contributed by atoms with Crippen LogP contribution in [0.1, 0.15) is 30.8 Å². The number of hydrogen-bond donors (Lipinski definition) is 2. The molecule has 1 aromatic heterocycles. The molecule has 8 nitrogen and oxygen atoms in total. The highest BCUT2D eigenvalue weighted by Crippen LogP contribution is 2.11. The molecule has 106 valence electrons. The quantitative estimate of drug-likeness (QED) is 0.717. The molecule has 0 fully saturated rings. The maximum atomic E-state index is 11.6. The van der Waals surface area contributed by atoms with Crippen molar-refractivity contribution in [2.45, 2.75) is 32.4 Å². The molecule has 1 rings (SSSR count). The van der Waals surface area contributed by atoms with E-state index in [2.05, 4.69) is 15.6 Å². The van der Waals surface area contributed by atoms with Crippen molar-refractivity contribution in [3.05, 3.63) is 11.9 Å². The highest BCUT2D eigenvalue weighted by Gasteiger charge is 2.20. The molecule has 0 aliphatic heterocycles. The van der Waals surface area contributed by atoms with Crippen molar-refractivity contribution in [3.63, 3.8) is 0 Å². The first-order valence-corrected chi connectivity index (χ1v) is 5.79. The molecular formula is C11H18N4O4. The van der Waals surface area contributed by atoms with Gasteiger partial charge in [-0.3, -0.25) is 4.79 Å². The Morgan fingerprint density at radius 3 is 2.74 bits per heavy atom. The number of carbonyl (C=O) groups is 2. The lowest BCUT2D eigenvalue weighted by atomic mass is 10.1. The second-order valence-corrected chi connectivity index (χ2v) is 4.66. The molecule has 0 saturated carbocycles. The van der Waals surface area contributed by atoms with Gasteiger partial charge in [0.1, 0.15) is 0 Å². The Morgan fingerprint density at radius 1 is 1.53 bits per heavy atom. The Hall–Kier alpha value is -1.96. The number of rotatable bonds is 7. The van der Waals surface area contributed by atoms with E-state index in [1.807, 2.05) is 13.8 Å². The van der Waals surface area contributed by atoms with Gasteiger partial charge in [0.05, 0.1) is 24.8 Å². The Bertz CT molecular complexity index is 455. The predicted molar refractivity (Wildman–Crippen MR) is 65.7 cm³/mol. The summed E-state index contributed by atoms with van der Waals surface area (Å²) in [6.07, 6.45) is 1.56. The van der Waals surface area contributed by atoms with Gasteiger partial charge in [0, 0.05) is 13.7 Å². The third-order valence-electron chi connectivity index (χ3n) is 2.56. The maximum Gasteiger partial charge on any atom is 0.358 e. The Balaban J connectivity index is 2.33. The smallest absolute Gasteiger partial charge is 0.358 e. The van der Waals surface area contributed by atoms with E-state index in [4.69, 9.17) is 9.84 Å². The van der Waals surface area contributed by atoms with E-state index in [1.165, 1.54) is 10.9 Å². The van der Waals surface area contributed by atoms with Crippen LogP contribution >= 0.6 is 0 Å². The molecule has 0 unspecified atom stereocenters. The average molecular weight is 270 g/mol. The van der Waals surface area contributed by atoms with E-state index in [1.54, 1.807) is 7.11 Å². The molecule has 1 amide bonds. The Morgan fingerprint density at radius 2 is 2.21 bits per heavy atom. The summed E-state index contributed by atoms with van der Waals surface area (Å²) in [5, 5.41) is 18.5. The fraction of sp³-hybridized carbons (Fsp3) is 0.636. The summed E-state index contributed by atoms with van der Waals surface area (Å²) in [7, 11) is 1.55. The zero-order valence-electron chi connectivity index (χ0n) is 11.2. The van der Waals surface area contributed by atoms with Crippen LogP contribution in [-0.4, -0.2) is 51.2 Å². The molecule has 0 aliphatic rings. The number of carboxylic acids is 1. The monoisotopic (exact) mass is 270 g/mol. The lowest BCUT2D eigenvalue weighted by molar-refractivity contribution is -0.126. The van der Waals surface area contributed by atoms with E-state index in [-0.39, 0.29) is 18.0 Å². The van der Waals surface area contributed by atoms with Crippen molar-refractivity contribution < 1.29 is 19.4 Å². The first-order valence-electron chi connectivity index (χ1n) is 5.79. The van der Waals surface area contributed by atoms with Gasteiger partial charge >= 0.3 is 5.97 Å². The predicted octanol–water partition coefficient (Wildman–Crippen LogP) is -0.0924. The van der Waals surface area contributed by atoms with E-state index >= 15 is 0 Å². The van der Waals surface area contributed by atoms with Crippen LogP contribution < -0.4 is 5.32 Å². The van der Waals surface area contributed by atoms with Crippen LogP contribution in [0.25, 0.3) is 0 Å². The molecule has 0 radical (unpaired) electrons. The van der Waals surface area contributed by atoms with Crippen LogP contribution in [0.15, 0.2) is 6.20 Å². The molecule has 0 aliphatic carbocycles. The van der Waals surface area contributed by atoms with Gasteiger partial charge in [-0.1, -0.05) is 5.21 Å². The van der Waals surface area contributed by atoms with Gasteiger partial charge in [0.25, 0.3) is 0 Å². The molecule has 1 aromatic rings. The molecule has 2 N–H and O–H groups in total. The largest absolute Gasteiger partial charge is 0.476 e. The minimum absolute atomic E-state index is 0.119. The van der Waals surface area contributed by atoms with Crippen LogP contribution in [-0.2, 0) is 16.1 Å². The van der Waals surface area contributed by atoms with Gasteiger partial charge in [-0.05, 0) is 13.8 Å². The van der Waals surface area contributed by atoms with Gasteiger partial charge in [0.2, 0.25) is 5.91 Å². The molecule has 19 heavy (non-hydrogen) atoms. The van der Waals surface area contributed by atoms with Crippen molar-refractivity contribution in [3.8, 4) is 0 Å². The molecular weight excluding hydrogens is 252 g/mol. The normalized spacial score (nSPS) is 11.3. The fourth-order valence-electron chi connectivity index (χ4n) is 1.34. The first-order chi connectivity index (χ1) is 8.84. The Kier molecular flexibility index (Phi) is 4.99. The van der Waals surface area contributed by atoms with Crippen LogP contribution in [0.5, 0.6) is 0 Å². The number of aromatic nitrogens is 3. The summed E-state index contributed by atoms with van der Waals surface area (Å²) in [4.78, 5) is 22.2. The zero-order valence-corrected chi connectivity index (χ0v) is 11.2. The number of hydrogen-bond acceptors (Lipinski definition) is 5. The number of nitrogens with one attached hydrogen (secondary N) is 1. The molecule has 0 saturated heterocycles. The number of ether oxygens (including phenoxy) is 1. The van der Waals surface area contributed by atoms with Gasteiger partial charge in [0.15, 0.2) is 5.69 Å². The molecule has 0 aromatic carbocycles. The summed E-state index contributed by atoms with van der Waals surface area (Å²) in [5.74, 6) is -1.26. The van der Waals surface area contributed by atoms with Crippen molar-refractivity contribution in [2.24, 2.45) is 0 Å². The lowest BCUT2D eigenvalue weighted by Gasteiger charge is -2.21. The standard InChI is InChI=1S/C11H18N4O4/c1-11(2,19-3)6-9(16)12-4-5-15-7-8(10(17)18)13-14-15/h7H,4-6H2,1-3H3,(H,12,16)(H,17,18). The van der Waals surface area contributed by atoms with Crippen molar-refractivity contribution in [1.29, 1.82) is 0 Å². The summed E-state index contributed by atoms with van der Waals surface area (Å²) < 4.78 is 6.52. The number of carboxylic acid groups (broad SMARTS) is 1. The molecule has 0 atom stereocenters. The number of carbonyl (C=O) groups excluding carboxylic acids is 1. The highest BCUT2D eigenvalue weighted by molar-refractivity contribution is 5.84. The summed E-state index contributed by atoms with van der Waals surface area (Å²) in [6, 6.07) is 0. The summed E-state index contributed by atoms with van der Waals surface area (Å²) in [5.41, 5.74) is -0.625.